The first kappa shape index (κ1) is 129. The molecule has 16 N–H and O–H groups in total. The van der Waals surface area contributed by atoms with E-state index in [-0.39, 0.29) is 329 Å². The van der Waals surface area contributed by atoms with Crippen LogP contribution in [0.4, 0.5) is 0 Å². The average molecular weight is 2000 g/mol. The predicted molar refractivity (Wildman–Crippen MR) is 403 cm³/mol. The van der Waals surface area contributed by atoms with E-state index in [0.29, 0.717) is 0 Å². The predicted octanol–water partition coefficient (Wildman–Crippen LogP) is -35.6. The normalized spacial score (nSPS) is 41.8. The summed E-state index contributed by atoms with van der Waals surface area (Å²) in [6.07, 6.45) is -78.2. The van der Waals surface area contributed by atoms with Crippen molar-refractivity contribution < 1.29 is 434 Å². The van der Waals surface area contributed by atoms with Gasteiger partial charge in [0.2, 0.25) is 0 Å². The zero-order chi connectivity index (χ0) is 84.5. The molecule has 0 aromatic rings. The van der Waals surface area contributed by atoms with Gasteiger partial charge in [-0.25, -0.2) is 0 Å². The number of aliphatic hydroxyl groups excluding tert-OH is 16. The molecule has 16 unspecified atom stereocenters. The summed E-state index contributed by atoms with van der Waals surface area (Å²) in [6, 6.07) is 0. The maximum Gasteiger partial charge on any atom is 1.00 e. The molecule has 30 fully saturated rings. The van der Waals surface area contributed by atoms with Crippen LogP contribution in [0.1, 0.15) is 25.7 Å². The van der Waals surface area contributed by atoms with Crippen LogP contribution >= 0.6 is 94.1 Å². The molecule has 30 aliphatic heterocycles. The molecule has 0 aromatic carbocycles. The topological polar surface area (TPSA) is 632 Å². The van der Waals surface area contributed by atoms with Gasteiger partial charge in [-0.15, -0.1) is 23.0 Å². The monoisotopic (exact) mass is 2000 g/mol. The molecule has 0 aliphatic carbocycles. The molecule has 0 amide bonds. The zero-order valence-corrected chi connectivity index (χ0v) is 92.8. The minimum Gasteiger partial charge on any atom is -0.550 e. The second-order valence-corrected chi connectivity index (χ2v) is 37.3. The van der Waals surface area contributed by atoms with Crippen LogP contribution in [0.5, 0.6) is 0 Å². The van der Waals surface area contributed by atoms with Crippen LogP contribution in [0, 0.1) is 27.7 Å². The Hall–Kier alpha value is 7.40. The fourth-order valence-electron chi connectivity index (χ4n) is 14.0. The molecule has 0 saturated carbocycles. The van der Waals surface area contributed by atoms with Gasteiger partial charge in [0.25, 0.3) is 0 Å². The van der Waals surface area contributed by atoms with Gasteiger partial charge in [-0.2, -0.15) is 94.1 Å². The Labute approximate surface area is 929 Å². The van der Waals surface area contributed by atoms with Crippen molar-refractivity contribution in [1.29, 1.82) is 0 Å². The van der Waals surface area contributed by atoms with E-state index in [1.807, 2.05) is 0 Å². The molecular formula is C68H104Na8O40S8. The third-order valence-electron chi connectivity index (χ3n) is 20.1. The van der Waals surface area contributed by atoms with Crippen LogP contribution in [-0.4, -0.2) is 443 Å². The fraction of sp³-hybridized carbons (Fsp3) is 0.882. The number of carbonyl (C=O) groups is 4. The Morgan fingerprint density at radius 1 is 0.202 bits per heavy atom. The van der Waals surface area contributed by atoms with Crippen molar-refractivity contribution in [2.75, 3.05) is 92.0 Å². The molecule has 30 aliphatic rings. The second-order valence-electron chi connectivity index (χ2n) is 28.1. The van der Waals surface area contributed by atoms with Gasteiger partial charge >= 0.3 is 236 Å². The molecule has 56 heteroatoms. The number of hydrogen-bond donors (Lipinski definition) is 16. The third-order valence-corrected chi connectivity index (χ3v) is 27.7. The number of rotatable bonds is 32. The molecule has 672 valence electrons. The van der Waals surface area contributed by atoms with Crippen molar-refractivity contribution in [1.82, 2.24) is 0 Å². The fourth-order valence-corrected chi connectivity index (χ4v) is 20.6. The summed E-state index contributed by atoms with van der Waals surface area (Å²) >= 11 is 8.17. The number of carboxylic acids is 4. The van der Waals surface area contributed by atoms with E-state index in [9.17, 15) is 121 Å². The number of hydrogen-bond acceptors (Lipinski definition) is 48. The Bertz CT molecular complexity index is 2960. The molecule has 16 bridgehead atoms. The van der Waals surface area contributed by atoms with Crippen LogP contribution < -0.4 is 257 Å². The van der Waals surface area contributed by atoms with Crippen LogP contribution in [0.25, 0.3) is 0 Å². The average Bonchev–Trinajstić information content (AvgIpc) is 0.769. The number of ether oxygens (including phenoxy) is 16. The van der Waals surface area contributed by atoms with E-state index < -0.39 is 295 Å². The Morgan fingerprint density at radius 2 is 0.315 bits per heavy atom. The van der Waals surface area contributed by atoms with E-state index >= 15 is 0 Å². The van der Waals surface area contributed by atoms with Crippen molar-refractivity contribution in [2.45, 2.75) is 271 Å². The Morgan fingerprint density at radius 3 is 0.419 bits per heavy atom. The van der Waals surface area contributed by atoms with Gasteiger partial charge < -0.3 is 225 Å². The summed E-state index contributed by atoms with van der Waals surface area (Å²) in [4.78, 5) is 46.5. The largest absolute Gasteiger partial charge is 1.00 e. The van der Waals surface area contributed by atoms with Crippen molar-refractivity contribution in [2.24, 2.45) is 0 Å². The standard InChI is InChI=1S/C68H108O40S8.8Na/c1-5-109-17-25-53-38(78)46(86)62(94-25)103-55-27(19-111-7-3)96-64(48(88)40(55)80)105-57-29(21-113-13-9-33(69)70)98-66(50(90)42(57)82)107-59-31(23-115-15-11-35(73)74)100-68(52(92)44(59)84)108-60-32(24-116-16-12-36(75)76)99-67(51(91)43(60)83)106-58-30(22-114-14-10-34(71)72)97-65(49(89)41(58)81)104-56-28(20-112-8-4)95-63(47(87)39(56)79)102-54-26(18-110-6-2)93-61(101-53)45(85)37(54)77;;;;;;;;/h25-32,37-68,77-92H,1-24H2,(H,69,70)(H,71,72)(H,73,74)(H,75,76);;;;;;;;/q-4;8*+1/p-4/t25?,26?,27?,28?,29?,30?,31?,32?,37-,38-,39-,40-,41-,42-,43-,44-,45?,46?,47?,48?,49?,50?,51?,52?,53-,54-,55-,56-,57-,58-,59-,60-,61+,62-,63-,64-,65-,66-,67-,68-;;;;;;;;/m1......../s1. The molecule has 0 radical (unpaired) electrons. The summed E-state index contributed by atoms with van der Waals surface area (Å²) in [7, 11) is 0. The van der Waals surface area contributed by atoms with E-state index in [4.69, 9.17) is 75.8 Å². The summed E-state index contributed by atoms with van der Waals surface area (Å²) in [5.74, 6) is -7.50. The number of thioether (sulfide) groups is 8. The smallest absolute Gasteiger partial charge is 0.550 e. The molecule has 0 spiro atoms. The summed E-state index contributed by atoms with van der Waals surface area (Å²) < 4.78 is 100. The first-order chi connectivity index (χ1) is 55.3. The van der Waals surface area contributed by atoms with Gasteiger partial charge in [0.15, 0.2) is 50.3 Å². The minimum atomic E-state index is -2.28. The van der Waals surface area contributed by atoms with Gasteiger partial charge in [0, 0.05) is 69.9 Å². The first-order valence-electron chi connectivity index (χ1n) is 37.3. The quantitative estimate of drug-likeness (QED) is 0.0169. The number of carbonyl (C=O) groups excluding carboxylic acids is 4. The summed E-state index contributed by atoms with van der Waals surface area (Å²) in [5, 5.41) is 240. The van der Waals surface area contributed by atoms with Gasteiger partial charge in [0.05, 0.1) is 48.8 Å². The SMILES string of the molecule is [CH2-]CSCC1O[C@@H]2O[C@@H]3C(CSCCC(=O)[O-])O[C@H](O[C@@H]4C(CSCCC(=O)[O-])O[C@H](O[C@@H]5C(CSCCC(=O)[O-])O[C@H](O[C@@H]6C(CSCCC(=O)[O-])O[C@H](O[C@@H]7C(CSC[CH2-])O[C@H](O[C@@H]8C(CSC[CH2-])O[C@@H](O[C@@H]9C(CSC[CH2-])O[C@H](O[C@H]1[C@H](O)C2O)C(O)[C@H]9O)C(O)[C@H]8O)C(O)[C@H]7O)C(O)[C@H]6O)C(O)[C@H]5O)C(O)[C@H]4O)C(O)[C@H]3O.[Na+].[Na+].[Na+].[Na+].[Na+].[Na+].[Na+].[Na+]. The number of aliphatic hydroxyl groups is 16. The maximum absolute atomic E-state index is 12.2. The van der Waals surface area contributed by atoms with Crippen LogP contribution in [-0.2, 0) is 95.0 Å². The van der Waals surface area contributed by atoms with E-state index in [0.717, 1.165) is 94.1 Å². The van der Waals surface area contributed by atoms with Crippen LogP contribution in [0.15, 0.2) is 0 Å². The molecule has 40 atom stereocenters. The van der Waals surface area contributed by atoms with E-state index in [1.165, 1.54) is 0 Å². The molecule has 30 heterocycles. The Balaban J connectivity index is 0.00000961. The molecule has 30 rings (SSSR count). The number of aliphatic carboxylic acids is 4. The van der Waals surface area contributed by atoms with Gasteiger partial charge in [-0.05, 0) is 48.7 Å². The summed E-state index contributed by atoms with van der Waals surface area (Å²) in [6.45, 7) is 15.4. The van der Waals surface area contributed by atoms with Crippen molar-refractivity contribution in [3.05, 3.63) is 27.7 Å². The van der Waals surface area contributed by atoms with Crippen LogP contribution in [0.2, 0.25) is 0 Å². The molecular weight excluding hydrogens is 1900 g/mol. The minimum absolute atomic E-state index is 0. The maximum atomic E-state index is 12.2. The van der Waals surface area contributed by atoms with Crippen LogP contribution in [0.3, 0.4) is 0 Å². The van der Waals surface area contributed by atoms with E-state index in [2.05, 4.69) is 27.7 Å². The van der Waals surface area contributed by atoms with Crippen molar-refractivity contribution >= 4 is 118 Å². The molecule has 40 nitrogen and oxygen atoms in total. The second kappa shape index (κ2) is 64.9. The van der Waals surface area contributed by atoms with Crippen molar-refractivity contribution in [3.63, 3.8) is 0 Å². The molecule has 124 heavy (non-hydrogen) atoms. The third kappa shape index (κ3) is 36.0. The van der Waals surface area contributed by atoms with Gasteiger partial charge in [-0.3, -0.25) is 0 Å². The van der Waals surface area contributed by atoms with Gasteiger partial charge in [0.1, 0.15) is 146 Å². The van der Waals surface area contributed by atoms with Crippen molar-refractivity contribution in [3.8, 4) is 0 Å². The molecule has 0 aromatic heterocycles. The number of carboxylic acid groups (broad SMARTS) is 4. The zero-order valence-electron chi connectivity index (χ0n) is 70.3. The van der Waals surface area contributed by atoms with E-state index in [1.54, 1.807) is 0 Å². The summed E-state index contributed by atoms with van der Waals surface area (Å²) in [5.41, 5.74) is 0. The molecule has 30 saturated heterocycles. The first-order valence-corrected chi connectivity index (χ1v) is 46.5. The van der Waals surface area contributed by atoms with Gasteiger partial charge in [-0.1, -0.05) is 0 Å². The Kier molecular flexibility index (Phi) is 67.7.